The van der Waals surface area contributed by atoms with Crippen molar-refractivity contribution in [3.05, 3.63) is 82.8 Å². The molecule has 0 radical (unpaired) electrons. The summed E-state index contributed by atoms with van der Waals surface area (Å²) in [5, 5.41) is 11.1. The van der Waals surface area contributed by atoms with Crippen LogP contribution in [-0.4, -0.2) is 36.9 Å². The summed E-state index contributed by atoms with van der Waals surface area (Å²) < 4.78 is 39.5. The van der Waals surface area contributed by atoms with Crippen LogP contribution < -0.4 is 15.0 Å². The standard InChI is InChI=1S/C23H23NO6S/c1-23(2)22(26)21(24-12-8-7-11-20(24)25)16-13-19(18(29-3)14-17(16)30-23)31(27,28)15-9-5-4-6-10-15/h4-14,21-22,26H,1-3H3/t21-,22+/m0/s1. The maximum Gasteiger partial charge on any atom is 0.251 e. The van der Waals surface area contributed by atoms with Gasteiger partial charge in [-0.25, -0.2) is 8.42 Å². The zero-order chi connectivity index (χ0) is 22.4. The van der Waals surface area contributed by atoms with Crippen LogP contribution in [0.1, 0.15) is 25.5 Å². The van der Waals surface area contributed by atoms with Crippen LogP contribution in [0, 0.1) is 0 Å². The Balaban J connectivity index is 2.00. The summed E-state index contributed by atoms with van der Waals surface area (Å²) in [7, 11) is -2.54. The maximum absolute atomic E-state index is 13.4. The Kier molecular flexibility index (Phi) is 5.15. The van der Waals surface area contributed by atoms with Gasteiger partial charge < -0.3 is 19.1 Å². The second-order valence-corrected chi connectivity index (χ2v) is 9.82. The molecule has 1 aliphatic rings. The van der Waals surface area contributed by atoms with Crippen LogP contribution in [0.25, 0.3) is 0 Å². The minimum atomic E-state index is -3.93. The number of hydrogen-bond donors (Lipinski definition) is 1. The van der Waals surface area contributed by atoms with Crippen molar-refractivity contribution in [1.82, 2.24) is 4.57 Å². The van der Waals surface area contributed by atoms with Crippen LogP contribution in [0.4, 0.5) is 0 Å². The van der Waals surface area contributed by atoms with E-state index in [2.05, 4.69) is 0 Å². The van der Waals surface area contributed by atoms with Crippen LogP contribution in [0.3, 0.4) is 0 Å². The number of hydrogen-bond acceptors (Lipinski definition) is 6. The van der Waals surface area contributed by atoms with Gasteiger partial charge in [0, 0.05) is 23.9 Å². The molecular formula is C23H23NO6S. The number of rotatable bonds is 4. The number of fused-ring (bicyclic) bond motifs is 1. The number of pyridine rings is 1. The van der Waals surface area contributed by atoms with Gasteiger partial charge in [-0.2, -0.15) is 0 Å². The number of benzene rings is 2. The fourth-order valence-corrected chi connectivity index (χ4v) is 5.30. The lowest BCUT2D eigenvalue weighted by molar-refractivity contribution is -0.0645. The Bertz CT molecular complexity index is 1280. The smallest absolute Gasteiger partial charge is 0.251 e. The van der Waals surface area contributed by atoms with E-state index in [1.165, 1.54) is 42.0 Å². The van der Waals surface area contributed by atoms with Gasteiger partial charge in [0.15, 0.2) is 0 Å². The molecule has 0 amide bonds. The van der Waals surface area contributed by atoms with Crippen molar-refractivity contribution in [3.63, 3.8) is 0 Å². The second kappa shape index (κ2) is 7.55. The molecule has 0 bridgehead atoms. The van der Waals surface area contributed by atoms with E-state index < -0.39 is 27.6 Å². The molecule has 162 valence electrons. The number of aliphatic hydroxyl groups excluding tert-OH is 1. The van der Waals surface area contributed by atoms with Gasteiger partial charge in [-0.05, 0) is 38.1 Å². The Morgan fingerprint density at radius 3 is 2.39 bits per heavy atom. The van der Waals surface area contributed by atoms with E-state index in [1.807, 2.05) is 0 Å². The first kappa shape index (κ1) is 21.1. The van der Waals surface area contributed by atoms with Crippen molar-refractivity contribution >= 4 is 9.84 Å². The number of ether oxygens (including phenoxy) is 2. The van der Waals surface area contributed by atoms with Gasteiger partial charge in [0.05, 0.1) is 18.0 Å². The molecule has 2 atom stereocenters. The summed E-state index contributed by atoms with van der Waals surface area (Å²) in [6, 6.07) is 14.8. The Labute approximate surface area is 180 Å². The number of nitrogens with zero attached hydrogens (tertiary/aromatic N) is 1. The molecule has 1 aliphatic heterocycles. The largest absolute Gasteiger partial charge is 0.495 e. The Morgan fingerprint density at radius 2 is 1.74 bits per heavy atom. The molecular weight excluding hydrogens is 418 g/mol. The number of methoxy groups -OCH3 is 1. The molecule has 1 N–H and O–H groups in total. The predicted octanol–water partition coefficient (Wildman–Crippen LogP) is 2.81. The third kappa shape index (κ3) is 3.51. The quantitative estimate of drug-likeness (QED) is 0.669. The average molecular weight is 442 g/mol. The Hall–Kier alpha value is -3.10. The Morgan fingerprint density at radius 1 is 1.06 bits per heavy atom. The highest BCUT2D eigenvalue weighted by molar-refractivity contribution is 7.91. The third-order valence-electron chi connectivity index (χ3n) is 5.49. The molecule has 3 aromatic rings. The molecule has 1 aromatic heterocycles. The van der Waals surface area contributed by atoms with Gasteiger partial charge in [0.25, 0.3) is 5.56 Å². The second-order valence-electron chi connectivity index (χ2n) is 7.90. The topological polar surface area (TPSA) is 94.8 Å². The average Bonchev–Trinajstić information content (AvgIpc) is 2.75. The molecule has 0 fully saturated rings. The first-order valence-electron chi connectivity index (χ1n) is 9.73. The summed E-state index contributed by atoms with van der Waals surface area (Å²) in [5.41, 5.74) is -0.966. The molecule has 0 unspecified atom stereocenters. The molecule has 4 rings (SSSR count). The molecule has 7 nitrogen and oxygen atoms in total. The van der Waals surface area contributed by atoms with Crippen molar-refractivity contribution < 1.29 is 23.0 Å². The summed E-state index contributed by atoms with van der Waals surface area (Å²) in [4.78, 5) is 12.6. The maximum atomic E-state index is 13.4. The van der Waals surface area contributed by atoms with Crippen molar-refractivity contribution in [2.45, 2.75) is 41.4 Å². The molecule has 2 heterocycles. The van der Waals surface area contributed by atoms with Crippen LogP contribution in [-0.2, 0) is 9.84 Å². The van der Waals surface area contributed by atoms with Gasteiger partial charge in [0.1, 0.15) is 28.1 Å². The molecule has 0 saturated carbocycles. The first-order valence-corrected chi connectivity index (χ1v) is 11.2. The molecule has 0 saturated heterocycles. The van der Waals surface area contributed by atoms with Gasteiger partial charge in [0.2, 0.25) is 9.84 Å². The summed E-state index contributed by atoms with van der Waals surface area (Å²) in [6.45, 7) is 3.42. The minimum Gasteiger partial charge on any atom is -0.495 e. The van der Waals surface area contributed by atoms with Gasteiger partial charge >= 0.3 is 0 Å². The van der Waals surface area contributed by atoms with Crippen molar-refractivity contribution in [2.24, 2.45) is 0 Å². The highest BCUT2D eigenvalue weighted by Crippen LogP contribution is 2.45. The normalized spacial score (nSPS) is 19.9. The summed E-state index contributed by atoms with van der Waals surface area (Å²) in [5.74, 6) is 0.467. The van der Waals surface area contributed by atoms with E-state index in [1.54, 1.807) is 50.4 Å². The summed E-state index contributed by atoms with van der Waals surface area (Å²) in [6.07, 6.45) is 0.456. The highest BCUT2D eigenvalue weighted by atomic mass is 32.2. The van der Waals surface area contributed by atoms with Gasteiger partial charge in [-0.15, -0.1) is 0 Å². The molecule has 2 aromatic carbocycles. The molecule has 0 aliphatic carbocycles. The fourth-order valence-electron chi connectivity index (χ4n) is 3.84. The lowest BCUT2D eigenvalue weighted by Gasteiger charge is -2.42. The van der Waals surface area contributed by atoms with Crippen LogP contribution in [0.15, 0.2) is 81.4 Å². The van der Waals surface area contributed by atoms with E-state index in [0.717, 1.165) is 0 Å². The van der Waals surface area contributed by atoms with Gasteiger partial charge in [-0.3, -0.25) is 4.79 Å². The molecule has 0 spiro atoms. The van der Waals surface area contributed by atoms with Crippen LogP contribution >= 0.6 is 0 Å². The fraction of sp³-hybridized carbons (Fsp3) is 0.261. The van der Waals surface area contributed by atoms with E-state index >= 15 is 0 Å². The van der Waals surface area contributed by atoms with Crippen molar-refractivity contribution in [3.8, 4) is 11.5 Å². The minimum absolute atomic E-state index is 0.0653. The van der Waals surface area contributed by atoms with Crippen molar-refractivity contribution in [2.75, 3.05) is 7.11 Å². The monoisotopic (exact) mass is 441 g/mol. The lowest BCUT2D eigenvalue weighted by atomic mass is 9.86. The molecule has 31 heavy (non-hydrogen) atoms. The number of aromatic nitrogens is 1. The predicted molar refractivity (Wildman–Crippen MR) is 114 cm³/mol. The first-order chi connectivity index (χ1) is 14.7. The summed E-state index contributed by atoms with van der Waals surface area (Å²) >= 11 is 0. The van der Waals surface area contributed by atoms with E-state index in [9.17, 15) is 18.3 Å². The van der Waals surface area contributed by atoms with E-state index in [0.29, 0.717) is 11.3 Å². The van der Waals surface area contributed by atoms with Crippen LogP contribution in [0.2, 0.25) is 0 Å². The van der Waals surface area contributed by atoms with Gasteiger partial charge in [-0.1, -0.05) is 24.3 Å². The van der Waals surface area contributed by atoms with E-state index in [-0.39, 0.29) is 21.1 Å². The SMILES string of the molecule is COc1cc2c(cc1S(=O)(=O)c1ccccc1)[C@H](n1ccccc1=O)[C@@H](O)C(C)(C)O2. The van der Waals surface area contributed by atoms with Crippen molar-refractivity contribution in [1.29, 1.82) is 0 Å². The van der Waals surface area contributed by atoms with Crippen LogP contribution in [0.5, 0.6) is 11.5 Å². The highest BCUT2D eigenvalue weighted by Gasteiger charge is 2.45. The number of sulfone groups is 1. The third-order valence-corrected chi connectivity index (χ3v) is 7.28. The zero-order valence-electron chi connectivity index (χ0n) is 17.3. The zero-order valence-corrected chi connectivity index (χ0v) is 18.2. The van der Waals surface area contributed by atoms with E-state index in [4.69, 9.17) is 9.47 Å². The number of aliphatic hydroxyl groups is 1. The lowest BCUT2D eigenvalue weighted by Crippen LogP contribution is -2.52. The molecule has 8 heteroatoms.